The highest BCUT2D eigenvalue weighted by Gasteiger charge is 2.17. The number of hydrogen-bond acceptors (Lipinski definition) is 7. The zero-order valence-corrected chi connectivity index (χ0v) is 13.6. The third-order valence-electron chi connectivity index (χ3n) is 3.56. The predicted octanol–water partition coefficient (Wildman–Crippen LogP) is 1.59. The summed E-state index contributed by atoms with van der Waals surface area (Å²) in [4.78, 5) is 10.4. The Morgan fingerprint density at radius 2 is 1.96 bits per heavy atom. The van der Waals surface area contributed by atoms with Gasteiger partial charge in [-0.25, -0.2) is 0 Å². The van der Waals surface area contributed by atoms with E-state index in [0.717, 1.165) is 11.4 Å². The van der Waals surface area contributed by atoms with Crippen LogP contribution in [-0.4, -0.2) is 34.7 Å². The van der Waals surface area contributed by atoms with E-state index < -0.39 is 4.92 Å². The molecule has 0 amide bonds. The largest absolute Gasteiger partial charge is 0.423 e. The number of rotatable bonds is 6. The van der Waals surface area contributed by atoms with Gasteiger partial charge in [-0.2, -0.15) is 10.2 Å². The van der Waals surface area contributed by atoms with E-state index in [9.17, 15) is 10.1 Å². The molecule has 10 heteroatoms. The van der Waals surface area contributed by atoms with Gasteiger partial charge in [0, 0.05) is 18.7 Å². The Morgan fingerprint density at radius 1 is 1.21 bits per heavy atom. The summed E-state index contributed by atoms with van der Waals surface area (Å²) in [6, 6.07) is 2.01. The van der Waals surface area contributed by atoms with Crippen LogP contribution in [0, 0.1) is 30.9 Å². The van der Waals surface area contributed by atoms with Crippen LogP contribution in [0.25, 0.3) is 0 Å². The third kappa shape index (κ3) is 3.31. The fourth-order valence-electron chi connectivity index (χ4n) is 2.46. The van der Waals surface area contributed by atoms with Crippen LogP contribution in [0.15, 0.2) is 16.7 Å². The highest BCUT2D eigenvalue weighted by Crippen LogP contribution is 2.16. The van der Waals surface area contributed by atoms with Crippen LogP contribution >= 0.6 is 0 Å². The minimum Gasteiger partial charge on any atom is -0.423 e. The Balaban J connectivity index is 1.64. The second-order valence-electron chi connectivity index (χ2n) is 5.54. The first kappa shape index (κ1) is 15.8. The molecule has 10 nitrogen and oxygen atoms in total. The van der Waals surface area contributed by atoms with Crippen molar-refractivity contribution in [2.75, 3.05) is 0 Å². The van der Waals surface area contributed by atoms with Gasteiger partial charge in [0.05, 0.1) is 10.6 Å². The lowest BCUT2D eigenvalue weighted by molar-refractivity contribution is -0.385. The SMILES string of the molecule is Cc1cc(C)n(CCc2nnc(Cn3cc([N+](=O)[O-])c(C)n3)o2)n1. The van der Waals surface area contributed by atoms with Crippen molar-refractivity contribution >= 4 is 5.69 Å². The molecule has 0 aliphatic carbocycles. The zero-order valence-electron chi connectivity index (χ0n) is 13.6. The molecule has 126 valence electrons. The normalized spacial score (nSPS) is 11.1. The Kier molecular flexibility index (Phi) is 4.11. The number of hydrogen-bond donors (Lipinski definition) is 0. The van der Waals surface area contributed by atoms with Crippen molar-refractivity contribution in [2.45, 2.75) is 40.3 Å². The maximum Gasteiger partial charge on any atom is 0.309 e. The van der Waals surface area contributed by atoms with E-state index in [4.69, 9.17) is 4.42 Å². The first-order valence-corrected chi connectivity index (χ1v) is 7.43. The lowest BCUT2D eigenvalue weighted by Gasteiger charge is -2.01. The van der Waals surface area contributed by atoms with Crippen LogP contribution in [0.5, 0.6) is 0 Å². The van der Waals surface area contributed by atoms with E-state index in [0.29, 0.717) is 30.4 Å². The van der Waals surface area contributed by atoms with E-state index in [1.54, 1.807) is 6.92 Å². The topological polar surface area (TPSA) is 118 Å². The van der Waals surface area contributed by atoms with Crippen molar-refractivity contribution in [1.82, 2.24) is 29.8 Å². The van der Waals surface area contributed by atoms with Gasteiger partial charge in [-0.15, -0.1) is 10.2 Å². The fraction of sp³-hybridized carbons (Fsp3) is 0.429. The molecule has 0 aliphatic heterocycles. The minimum atomic E-state index is -0.466. The number of aryl methyl sites for hydroxylation is 5. The molecular weight excluding hydrogens is 314 g/mol. The lowest BCUT2D eigenvalue weighted by atomic mass is 10.4. The van der Waals surface area contributed by atoms with E-state index in [-0.39, 0.29) is 12.2 Å². The maximum atomic E-state index is 10.8. The predicted molar refractivity (Wildman–Crippen MR) is 82.4 cm³/mol. The second-order valence-corrected chi connectivity index (χ2v) is 5.54. The van der Waals surface area contributed by atoms with Gasteiger partial charge in [-0.1, -0.05) is 0 Å². The zero-order chi connectivity index (χ0) is 17.3. The Morgan fingerprint density at radius 3 is 2.58 bits per heavy atom. The molecule has 24 heavy (non-hydrogen) atoms. The fourth-order valence-corrected chi connectivity index (χ4v) is 2.46. The summed E-state index contributed by atoms with van der Waals surface area (Å²) in [5, 5.41) is 27.2. The van der Waals surface area contributed by atoms with Crippen LogP contribution < -0.4 is 0 Å². The molecule has 3 heterocycles. The maximum absolute atomic E-state index is 10.8. The van der Waals surface area contributed by atoms with Crippen molar-refractivity contribution in [3.8, 4) is 0 Å². The second kappa shape index (κ2) is 6.22. The molecule has 3 rings (SSSR count). The molecule has 0 saturated carbocycles. The number of nitro groups is 1. The smallest absolute Gasteiger partial charge is 0.309 e. The molecule has 0 unspecified atom stereocenters. The van der Waals surface area contributed by atoms with Gasteiger partial charge in [0.1, 0.15) is 18.4 Å². The molecule has 0 saturated heterocycles. The molecule has 0 spiro atoms. The molecular formula is C14H17N7O3. The van der Waals surface area contributed by atoms with Gasteiger partial charge in [0.2, 0.25) is 11.8 Å². The summed E-state index contributed by atoms with van der Waals surface area (Å²) in [6.45, 7) is 6.36. The molecule has 0 fully saturated rings. The van der Waals surface area contributed by atoms with Crippen LogP contribution in [0.4, 0.5) is 5.69 Å². The summed E-state index contributed by atoms with van der Waals surface area (Å²) in [6.07, 6.45) is 1.92. The van der Waals surface area contributed by atoms with Crippen LogP contribution in [-0.2, 0) is 19.5 Å². The van der Waals surface area contributed by atoms with Crippen molar-refractivity contribution in [3.63, 3.8) is 0 Å². The molecule has 0 aliphatic rings. The molecule has 0 atom stereocenters. The van der Waals surface area contributed by atoms with E-state index in [1.165, 1.54) is 10.9 Å². The Bertz CT molecular complexity index is 877. The molecule has 0 radical (unpaired) electrons. The average molecular weight is 331 g/mol. The summed E-state index contributed by atoms with van der Waals surface area (Å²) in [5.74, 6) is 0.853. The first-order chi connectivity index (χ1) is 11.4. The van der Waals surface area contributed by atoms with Crippen LogP contribution in [0.3, 0.4) is 0 Å². The number of aromatic nitrogens is 6. The van der Waals surface area contributed by atoms with Gasteiger partial charge >= 0.3 is 5.69 Å². The first-order valence-electron chi connectivity index (χ1n) is 7.43. The van der Waals surface area contributed by atoms with Crippen molar-refractivity contribution in [2.24, 2.45) is 0 Å². The summed E-state index contributed by atoms with van der Waals surface area (Å²) in [7, 11) is 0. The van der Waals surface area contributed by atoms with Crippen molar-refractivity contribution < 1.29 is 9.34 Å². The van der Waals surface area contributed by atoms with Crippen LogP contribution in [0.2, 0.25) is 0 Å². The van der Waals surface area contributed by atoms with E-state index in [1.807, 2.05) is 24.6 Å². The van der Waals surface area contributed by atoms with Crippen LogP contribution in [0.1, 0.15) is 28.9 Å². The standard InChI is InChI=1S/C14H17N7O3/c1-9-6-10(2)20(17-9)5-4-13-15-16-14(24-13)8-19-7-12(21(22)23)11(3)18-19/h6-7H,4-5,8H2,1-3H3. The molecule has 3 aromatic heterocycles. The third-order valence-corrected chi connectivity index (χ3v) is 3.56. The van der Waals surface area contributed by atoms with E-state index >= 15 is 0 Å². The van der Waals surface area contributed by atoms with Gasteiger partial charge in [-0.05, 0) is 26.8 Å². The van der Waals surface area contributed by atoms with Gasteiger partial charge < -0.3 is 4.42 Å². The lowest BCUT2D eigenvalue weighted by Crippen LogP contribution is -2.05. The van der Waals surface area contributed by atoms with Crippen molar-refractivity contribution in [1.29, 1.82) is 0 Å². The molecule has 0 bridgehead atoms. The monoisotopic (exact) mass is 331 g/mol. The number of nitrogens with zero attached hydrogens (tertiary/aromatic N) is 7. The van der Waals surface area contributed by atoms with Gasteiger partial charge in [0.25, 0.3) is 0 Å². The Hall–Kier alpha value is -3.04. The minimum absolute atomic E-state index is 0.0285. The van der Waals surface area contributed by atoms with Crippen molar-refractivity contribution in [3.05, 3.63) is 51.2 Å². The highest BCUT2D eigenvalue weighted by molar-refractivity contribution is 5.31. The summed E-state index contributed by atoms with van der Waals surface area (Å²) >= 11 is 0. The quantitative estimate of drug-likeness (QED) is 0.497. The summed E-state index contributed by atoms with van der Waals surface area (Å²) < 4.78 is 8.88. The summed E-state index contributed by atoms with van der Waals surface area (Å²) in [5.41, 5.74) is 2.37. The highest BCUT2D eigenvalue weighted by atomic mass is 16.6. The average Bonchev–Trinajstić information content (AvgIpc) is 3.17. The molecule has 0 N–H and O–H groups in total. The Labute approximate surface area is 137 Å². The molecule has 3 aromatic rings. The van der Waals surface area contributed by atoms with Gasteiger partial charge in [-0.3, -0.25) is 19.5 Å². The van der Waals surface area contributed by atoms with E-state index in [2.05, 4.69) is 20.4 Å². The van der Waals surface area contributed by atoms with Gasteiger partial charge in [0.15, 0.2) is 0 Å². The molecule has 0 aromatic carbocycles.